The molecular weight excluding hydrogens is 396 g/mol. The number of likely N-dealkylation sites (N-methyl/N-ethyl adjacent to an activating group) is 1. The van der Waals surface area contributed by atoms with E-state index in [1.54, 1.807) is 14.2 Å². The largest absolute Gasteiger partial charge is 0.497 e. The number of nitrogens with one attached hydrogen (secondary N) is 3. The van der Waals surface area contributed by atoms with Crippen molar-refractivity contribution in [3.8, 4) is 11.5 Å². The van der Waals surface area contributed by atoms with E-state index in [0.29, 0.717) is 29.1 Å². The second-order valence-electron chi connectivity index (χ2n) is 7.48. The molecule has 1 saturated heterocycles. The van der Waals surface area contributed by atoms with Gasteiger partial charge >= 0.3 is 0 Å². The Bertz CT molecular complexity index is 1030. The number of nitrogens with zero attached hydrogens (tertiary/aromatic N) is 5. The first-order chi connectivity index (χ1) is 15.0. The molecule has 0 bridgehead atoms. The smallest absolute Gasteiger partial charge is 0.231 e. The van der Waals surface area contributed by atoms with E-state index < -0.39 is 0 Å². The van der Waals surface area contributed by atoms with E-state index in [4.69, 9.17) is 14.5 Å². The molecule has 4 rings (SSSR count). The van der Waals surface area contributed by atoms with Gasteiger partial charge in [0.05, 0.1) is 19.9 Å². The molecule has 1 aliphatic heterocycles. The van der Waals surface area contributed by atoms with Crippen LogP contribution in [0.3, 0.4) is 0 Å². The van der Waals surface area contributed by atoms with Crippen molar-refractivity contribution < 1.29 is 9.47 Å². The summed E-state index contributed by atoms with van der Waals surface area (Å²) < 4.78 is 10.8. The molecule has 0 radical (unpaired) electrons. The van der Waals surface area contributed by atoms with Crippen LogP contribution < -0.4 is 25.0 Å². The number of hydrogen-bond donors (Lipinski definition) is 3. The molecule has 2 aromatic heterocycles. The Hall–Kier alpha value is -3.53. The lowest BCUT2D eigenvalue weighted by Gasteiger charge is -2.33. The quantitative estimate of drug-likeness (QED) is 0.528. The predicted molar refractivity (Wildman–Crippen MR) is 121 cm³/mol. The van der Waals surface area contributed by atoms with Crippen molar-refractivity contribution in [1.29, 1.82) is 0 Å². The molecule has 1 fully saturated rings. The van der Waals surface area contributed by atoms with Gasteiger partial charge in [-0.2, -0.15) is 15.1 Å². The van der Waals surface area contributed by atoms with Gasteiger partial charge in [-0.15, -0.1) is 0 Å². The van der Waals surface area contributed by atoms with E-state index in [2.05, 4.69) is 42.7 Å². The topological polar surface area (TPSA) is 103 Å². The van der Waals surface area contributed by atoms with Crippen molar-refractivity contribution in [1.82, 2.24) is 25.1 Å². The fourth-order valence-electron chi connectivity index (χ4n) is 3.39. The minimum absolute atomic E-state index is 0.467. The van der Waals surface area contributed by atoms with E-state index in [9.17, 15) is 0 Å². The summed E-state index contributed by atoms with van der Waals surface area (Å²) >= 11 is 0. The molecule has 1 aliphatic rings. The van der Waals surface area contributed by atoms with Crippen molar-refractivity contribution in [2.75, 3.05) is 63.0 Å². The summed E-state index contributed by atoms with van der Waals surface area (Å²) in [6.07, 6.45) is 0. The third kappa shape index (κ3) is 4.97. The summed E-state index contributed by atoms with van der Waals surface area (Å²) in [4.78, 5) is 14.0. The highest BCUT2D eigenvalue weighted by molar-refractivity contribution is 5.67. The molecule has 0 saturated carbocycles. The van der Waals surface area contributed by atoms with E-state index in [1.807, 2.05) is 37.3 Å². The molecule has 31 heavy (non-hydrogen) atoms. The van der Waals surface area contributed by atoms with Crippen LogP contribution >= 0.6 is 0 Å². The summed E-state index contributed by atoms with van der Waals surface area (Å²) in [7, 11) is 5.38. The first kappa shape index (κ1) is 20.7. The number of methoxy groups -OCH3 is 2. The Morgan fingerprint density at radius 1 is 0.935 bits per heavy atom. The van der Waals surface area contributed by atoms with Crippen LogP contribution in [0.25, 0.3) is 0 Å². The van der Waals surface area contributed by atoms with Gasteiger partial charge in [-0.05, 0) is 26.1 Å². The van der Waals surface area contributed by atoms with Crippen LogP contribution in [-0.4, -0.2) is 72.5 Å². The zero-order chi connectivity index (χ0) is 21.8. The van der Waals surface area contributed by atoms with E-state index in [1.165, 1.54) is 0 Å². The van der Waals surface area contributed by atoms with Crippen LogP contribution in [0.4, 0.5) is 29.1 Å². The molecule has 10 heteroatoms. The highest BCUT2D eigenvalue weighted by atomic mass is 16.5. The average molecular weight is 425 g/mol. The lowest BCUT2D eigenvalue weighted by molar-refractivity contribution is 0.312. The van der Waals surface area contributed by atoms with Gasteiger partial charge in [0.25, 0.3) is 0 Å². The number of rotatable bonds is 7. The van der Waals surface area contributed by atoms with Crippen LogP contribution in [0.2, 0.25) is 0 Å². The monoisotopic (exact) mass is 424 g/mol. The number of H-pyrrole nitrogens is 1. The second kappa shape index (κ2) is 9.09. The Morgan fingerprint density at radius 3 is 2.42 bits per heavy atom. The second-order valence-corrected chi connectivity index (χ2v) is 7.48. The van der Waals surface area contributed by atoms with Gasteiger partial charge < -0.3 is 29.9 Å². The predicted octanol–water partition coefficient (Wildman–Crippen LogP) is 2.76. The lowest BCUT2D eigenvalue weighted by Crippen LogP contribution is -2.44. The molecule has 0 atom stereocenters. The minimum Gasteiger partial charge on any atom is -0.497 e. The normalized spacial score (nSPS) is 14.4. The van der Waals surface area contributed by atoms with Crippen LogP contribution in [-0.2, 0) is 0 Å². The Balaban J connectivity index is 1.65. The van der Waals surface area contributed by atoms with Crippen LogP contribution in [0.1, 0.15) is 5.69 Å². The van der Waals surface area contributed by atoms with Gasteiger partial charge in [-0.25, -0.2) is 0 Å². The molecule has 0 spiro atoms. The molecule has 0 aliphatic carbocycles. The van der Waals surface area contributed by atoms with E-state index >= 15 is 0 Å². The standard InChI is InChI=1S/C21H28N8O2/c1-14-11-19(27-26-14)23-18-13-20(29-9-7-28(2)8-10-29)25-21(24-18)22-16-6-5-15(30-3)12-17(16)31-4/h5-6,11-13H,7-10H2,1-4H3,(H3,22,23,24,25,26,27). The number of piperazine rings is 1. The molecule has 3 heterocycles. The van der Waals surface area contributed by atoms with Crippen molar-refractivity contribution in [2.45, 2.75) is 6.92 Å². The molecular formula is C21H28N8O2. The van der Waals surface area contributed by atoms with E-state index in [0.717, 1.165) is 43.4 Å². The first-order valence-corrected chi connectivity index (χ1v) is 10.1. The number of benzene rings is 1. The molecule has 0 unspecified atom stereocenters. The van der Waals surface area contributed by atoms with Crippen molar-refractivity contribution in [2.24, 2.45) is 0 Å². The maximum atomic E-state index is 5.50. The number of hydrogen-bond acceptors (Lipinski definition) is 9. The summed E-state index contributed by atoms with van der Waals surface area (Å²) in [5, 5.41) is 13.7. The van der Waals surface area contributed by atoms with Gasteiger partial charge in [0, 0.05) is 50.1 Å². The number of ether oxygens (including phenoxy) is 2. The Labute approximate surface area is 181 Å². The molecule has 1 aromatic carbocycles. The summed E-state index contributed by atoms with van der Waals surface area (Å²) in [6, 6.07) is 9.44. The van der Waals surface area contributed by atoms with Crippen molar-refractivity contribution in [3.05, 3.63) is 36.0 Å². The zero-order valence-electron chi connectivity index (χ0n) is 18.3. The van der Waals surface area contributed by atoms with Gasteiger partial charge in [0.1, 0.15) is 23.1 Å². The maximum Gasteiger partial charge on any atom is 0.231 e. The van der Waals surface area contributed by atoms with Crippen LogP contribution in [0, 0.1) is 6.92 Å². The van der Waals surface area contributed by atoms with Crippen molar-refractivity contribution >= 4 is 29.1 Å². The summed E-state index contributed by atoms with van der Waals surface area (Å²) in [5.41, 5.74) is 1.72. The molecule has 0 amide bonds. The summed E-state index contributed by atoms with van der Waals surface area (Å²) in [6.45, 7) is 5.73. The Morgan fingerprint density at radius 2 is 1.74 bits per heavy atom. The fourth-order valence-corrected chi connectivity index (χ4v) is 3.39. The first-order valence-electron chi connectivity index (χ1n) is 10.1. The van der Waals surface area contributed by atoms with Gasteiger partial charge in [-0.3, -0.25) is 5.10 Å². The summed E-state index contributed by atoms with van der Waals surface area (Å²) in [5.74, 6) is 4.04. The van der Waals surface area contributed by atoms with Gasteiger partial charge in [0.15, 0.2) is 5.82 Å². The van der Waals surface area contributed by atoms with E-state index in [-0.39, 0.29) is 0 Å². The molecule has 3 aromatic rings. The third-order valence-electron chi connectivity index (χ3n) is 5.16. The number of aryl methyl sites for hydroxylation is 1. The van der Waals surface area contributed by atoms with Crippen molar-refractivity contribution in [3.63, 3.8) is 0 Å². The zero-order valence-corrected chi connectivity index (χ0v) is 18.3. The van der Waals surface area contributed by atoms with Gasteiger partial charge in [-0.1, -0.05) is 0 Å². The molecule has 10 nitrogen and oxygen atoms in total. The highest BCUT2D eigenvalue weighted by Gasteiger charge is 2.18. The molecule has 3 N–H and O–H groups in total. The van der Waals surface area contributed by atoms with Crippen LogP contribution in [0.15, 0.2) is 30.3 Å². The molecule has 164 valence electrons. The lowest BCUT2D eigenvalue weighted by atomic mass is 10.2. The third-order valence-corrected chi connectivity index (χ3v) is 5.16. The number of anilines is 5. The highest BCUT2D eigenvalue weighted by Crippen LogP contribution is 2.32. The van der Waals surface area contributed by atoms with Crippen LogP contribution in [0.5, 0.6) is 11.5 Å². The van der Waals surface area contributed by atoms with Gasteiger partial charge in [0.2, 0.25) is 5.95 Å². The minimum atomic E-state index is 0.467. The fraction of sp³-hybridized carbons (Fsp3) is 0.381. The number of aromatic amines is 1. The average Bonchev–Trinajstić information content (AvgIpc) is 3.18. The number of aromatic nitrogens is 4. The maximum absolute atomic E-state index is 5.50. The SMILES string of the molecule is COc1ccc(Nc2nc(Nc3cc(C)[nH]n3)cc(N3CCN(C)CC3)n2)c(OC)c1. The Kier molecular flexibility index (Phi) is 6.08.